The van der Waals surface area contributed by atoms with E-state index in [0.717, 1.165) is 24.8 Å². The summed E-state index contributed by atoms with van der Waals surface area (Å²) in [7, 11) is 0.212. The highest BCUT2D eigenvalue weighted by molar-refractivity contribution is 8.15. The van der Waals surface area contributed by atoms with Gasteiger partial charge >= 0.3 is 0 Å². The molecule has 0 amide bonds. The summed E-state index contributed by atoms with van der Waals surface area (Å²) in [5.74, 6) is 0. The Balaban J connectivity index is 3.22. The minimum Gasteiger partial charge on any atom is -0.192 e. The van der Waals surface area contributed by atoms with Crippen molar-refractivity contribution in [2.45, 2.75) is 19.3 Å². The number of hydrogen-bond donors (Lipinski definition) is 0. The number of allylic oxidation sites excluding steroid dienone is 2. The largest absolute Gasteiger partial charge is 0.192 e. The van der Waals surface area contributed by atoms with E-state index in [1.54, 1.807) is 0 Å². The summed E-state index contributed by atoms with van der Waals surface area (Å²) in [6, 6.07) is 3.96. The van der Waals surface area contributed by atoms with Gasteiger partial charge in [-0.3, -0.25) is 0 Å². The number of rotatable bonds is 0. The first kappa shape index (κ1) is 10.0. The van der Waals surface area contributed by atoms with Crippen molar-refractivity contribution in [3.8, 4) is 12.1 Å². The topological polar surface area (TPSA) is 47.6 Å². The van der Waals surface area contributed by atoms with Gasteiger partial charge in [0.05, 0.1) is 0 Å². The van der Waals surface area contributed by atoms with E-state index in [9.17, 15) is 0 Å². The van der Waals surface area contributed by atoms with Gasteiger partial charge in [0.15, 0.2) is 0 Å². The average molecular weight is 192 g/mol. The Hall–Kier alpha value is -1.06. The van der Waals surface area contributed by atoms with Gasteiger partial charge in [-0.05, 0) is 42.2 Å². The van der Waals surface area contributed by atoms with Crippen molar-refractivity contribution in [3.63, 3.8) is 0 Å². The first-order valence-corrected chi connectivity index (χ1v) is 6.22. The Labute approximate surface area is 81.4 Å². The summed E-state index contributed by atoms with van der Waals surface area (Å²) in [5, 5.41) is 17.5. The summed E-state index contributed by atoms with van der Waals surface area (Å²) in [6.45, 7) is 0. The van der Waals surface area contributed by atoms with Crippen molar-refractivity contribution < 1.29 is 0 Å². The van der Waals surface area contributed by atoms with E-state index in [0.29, 0.717) is 5.57 Å². The standard InChI is InChI=1S/C10H12N2S/c1-13(2)10-5-3-4-9(10)8(6-11)7-12/h3-5H2,1-2H3. The van der Waals surface area contributed by atoms with Crippen LogP contribution in [-0.2, 0) is 0 Å². The van der Waals surface area contributed by atoms with Crippen LogP contribution in [-0.4, -0.2) is 17.4 Å². The highest BCUT2D eigenvalue weighted by Gasteiger charge is 2.18. The van der Waals surface area contributed by atoms with E-state index in [-0.39, 0.29) is 10.5 Å². The second kappa shape index (κ2) is 4.25. The zero-order valence-electron chi connectivity index (χ0n) is 7.92. The van der Waals surface area contributed by atoms with Gasteiger partial charge in [0.25, 0.3) is 0 Å². The molecule has 0 bridgehead atoms. The van der Waals surface area contributed by atoms with Crippen LogP contribution in [0.25, 0.3) is 0 Å². The lowest BCUT2D eigenvalue weighted by Gasteiger charge is -2.03. The van der Waals surface area contributed by atoms with Gasteiger partial charge in [-0.2, -0.15) is 21.0 Å². The Morgan fingerprint density at radius 2 is 1.85 bits per heavy atom. The normalized spacial score (nSPS) is 15.8. The Morgan fingerprint density at radius 3 is 2.31 bits per heavy atom. The van der Waals surface area contributed by atoms with Crippen molar-refractivity contribution in [1.82, 2.24) is 0 Å². The molecule has 0 unspecified atom stereocenters. The molecule has 2 nitrogen and oxygen atoms in total. The predicted octanol–water partition coefficient (Wildman–Crippen LogP) is 2.21. The Morgan fingerprint density at radius 1 is 1.23 bits per heavy atom. The third-order valence-electron chi connectivity index (χ3n) is 2.19. The molecule has 1 aliphatic rings. The van der Waals surface area contributed by atoms with Gasteiger partial charge in [-0.25, -0.2) is 0 Å². The molecule has 13 heavy (non-hydrogen) atoms. The van der Waals surface area contributed by atoms with Crippen molar-refractivity contribution in [2.75, 3.05) is 12.5 Å². The second-order valence-electron chi connectivity index (χ2n) is 3.17. The third-order valence-corrected chi connectivity index (χ3v) is 3.62. The Bertz CT molecular complexity index is 343. The molecule has 1 rings (SSSR count). The SMILES string of the molecule is CS(C)=C1CCCC1=C(C#N)C#N. The fourth-order valence-electron chi connectivity index (χ4n) is 1.59. The maximum Gasteiger partial charge on any atom is 0.133 e. The minimum absolute atomic E-state index is 0.212. The first-order valence-electron chi connectivity index (χ1n) is 4.17. The molecule has 0 atom stereocenters. The van der Waals surface area contributed by atoms with Gasteiger partial charge in [-0.1, -0.05) is 0 Å². The summed E-state index contributed by atoms with van der Waals surface area (Å²) < 4.78 is 0. The van der Waals surface area contributed by atoms with Crippen molar-refractivity contribution in [1.29, 1.82) is 10.5 Å². The van der Waals surface area contributed by atoms with E-state index in [1.807, 2.05) is 12.1 Å². The molecule has 0 heterocycles. The molecule has 0 radical (unpaired) electrons. The molecule has 0 aliphatic heterocycles. The van der Waals surface area contributed by atoms with Crippen LogP contribution in [0, 0.1) is 22.7 Å². The highest BCUT2D eigenvalue weighted by Crippen LogP contribution is 2.29. The quantitative estimate of drug-likeness (QED) is 0.335. The van der Waals surface area contributed by atoms with E-state index in [1.165, 1.54) is 4.86 Å². The van der Waals surface area contributed by atoms with Crippen LogP contribution in [0.4, 0.5) is 0 Å². The zero-order chi connectivity index (χ0) is 9.84. The molecular formula is C10H12N2S. The monoisotopic (exact) mass is 192 g/mol. The lowest BCUT2D eigenvalue weighted by Crippen LogP contribution is -1.96. The van der Waals surface area contributed by atoms with Crippen LogP contribution in [0.15, 0.2) is 11.1 Å². The van der Waals surface area contributed by atoms with E-state index in [4.69, 9.17) is 10.5 Å². The maximum atomic E-state index is 8.75. The molecule has 1 aliphatic carbocycles. The van der Waals surface area contributed by atoms with Gasteiger partial charge in [-0.15, -0.1) is 0 Å². The van der Waals surface area contributed by atoms with Crippen LogP contribution in [0.2, 0.25) is 0 Å². The van der Waals surface area contributed by atoms with Crippen LogP contribution in [0.1, 0.15) is 19.3 Å². The Kier molecular flexibility index (Phi) is 3.28. The van der Waals surface area contributed by atoms with Crippen molar-refractivity contribution in [3.05, 3.63) is 11.1 Å². The summed E-state index contributed by atoms with van der Waals surface area (Å²) >= 11 is 0. The fourth-order valence-corrected chi connectivity index (χ4v) is 2.84. The molecule has 0 N–H and O–H groups in total. The van der Waals surface area contributed by atoms with Gasteiger partial charge in [0, 0.05) is 0 Å². The van der Waals surface area contributed by atoms with Gasteiger partial charge < -0.3 is 0 Å². The molecular weight excluding hydrogens is 180 g/mol. The van der Waals surface area contributed by atoms with E-state index < -0.39 is 0 Å². The second-order valence-corrected chi connectivity index (χ2v) is 5.30. The van der Waals surface area contributed by atoms with Crippen LogP contribution >= 0.6 is 10.5 Å². The molecule has 0 aromatic rings. The molecule has 0 saturated heterocycles. The number of nitriles is 2. The van der Waals surface area contributed by atoms with Crippen LogP contribution in [0.3, 0.4) is 0 Å². The number of hydrogen-bond acceptors (Lipinski definition) is 2. The molecule has 0 spiro atoms. The molecule has 0 aromatic carbocycles. The molecule has 1 saturated carbocycles. The third kappa shape index (κ3) is 1.99. The lowest BCUT2D eigenvalue weighted by molar-refractivity contribution is 0.946. The summed E-state index contributed by atoms with van der Waals surface area (Å²) in [4.78, 5) is 1.33. The van der Waals surface area contributed by atoms with Crippen molar-refractivity contribution >= 4 is 15.3 Å². The highest BCUT2D eigenvalue weighted by atomic mass is 32.2. The van der Waals surface area contributed by atoms with Gasteiger partial charge in [0.1, 0.15) is 17.7 Å². The number of nitrogens with zero attached hydrogens (tertiary/aromatic N) is 2. The summed E-state index contributed by atoms with van der Waals surface area (Å²) in [5.41, 5.74) is 1.35. The van der Waals surface area contributed by atoms with E-state index >= 15 is 0 Å². The minimum atomic E-state index is 0.212. The van der Waals surface area contributed by atoms with Crippen LogP contribution < -0.4 is 0 Å². The molecule has 1 fully saturated rings. The summed E-state index contributed by atoms with van der Waals surface area (Å²) in [6.07, 6.45) is 7.37. The molecule has 3 heteroatoms. The average Bonchev–Trinajstić information content (AvgIpc) is 2.55. The zero-order valence-corrected chi connectivity index (χ0v) is 8.74. The predicted molar refractivity (Wildman–Crippen MR) is 56.5 cm³/mol. The van der Waals surface area contributed by atoms with E-state index in [2.05, 4.69) is 12.5 Å². The lowest BCUT2D eigenvalue weighted by atomic mass is 10.1. The first-order chi connectivity index (χ1) is 6.20. The van der Waals surface area contributed by atoms with Gasteiger partial charge in [0.2, 0.25) is 0 Å². The smallest absolute Gasteiger partial charge is 0.133 e. The molecule has 68 valence electrons. The molecule has 0 aromatic heterocycles. The van der Waals surface area contributed by atoms with Crippen LogP contribution in [0.5, 0.6) is 0 Å². The van der Waals surface area contributed by atoms with Crippen molar-refractivity contribution in [2.24, 2.45) is 0 Å². The fraction of sp³-hybridized carbons (Fsp3) is 0.500. The maximum absolute atomic E-state index is 8.75.